The molecule has 1 saturated carbocycles. The lowest BCUT2D eigenvalue weighted by Crippen LogP contribution is -2.24. The smallest absolute Gasteiger partial charge is 0.316 e. The van der Waals surface area contributed by atoms with E-state index in [4.69, 9.17) is 32.7 Å². The van der Waals surface area contributed by atoms with Crippen molar-refractivity contribution in [1.82, 2.24) is 0 Å². The largest absolute Gasteiger partial charge is 0.460 e. The Kier molecular flexibility index (Phi) is 6.36. The Morgan fingerprint density at radius 1 is 1.04 bits per heavy atom. The maximum atomic E-state index is 12.9. The molecule has 1 unspecified atom stereocenters. The zero-order chi connectivity index (χ0) is 20.2. The molecule has 5 heteroatoms. The monoisotopic (exact) mass is 418 g/mol. The Labute approximate surface area is 176 Å². The molecule has 148 valence electrons. The minimum Gasteiger partial charge on any atom is -0.460 e. The van der Waals surface area contributed by atoms with E-state index in [2.05, 4.69) is 13.8 Å². The third kappa shape index (κ3) is 4.21. The summed E-state index contributed by atoms with van der Waals surface area (Å²) in [5, 5.41) is 0. The van der Waals surface area contributed by atoms with Gasteiger partial charge in [-0.25, -0.2) is 0 Å². The maximum Gasteiger partial charge on any atom is 0.316 e. The molecule has 3 rings (SSSR count). The van der Waals surface area contributed by atoms with Gasteiger partial charge in [-0.05, 0) is 60.6 Å². The first kappa shape index (κ1) is 20.8. The summed E-state index contributed by atoms with van der Waals surface area (Å²) in [6.45, 7) is 4.33. The quantitative estimate of drug-likeness (QED) is 0.431. The van der Waals surface area contributed by atoms with Gasteiger partial charge in [-0.3, -0.25) is 4.79 Å². The molecule has 3 nitrogen and oxygen atoms in total. The highest BCUT2D eigenvalue weighted by molar-refractivity contribution is 6.56. The van der Waals surface area contributed by atoms with Crippen LogP contribution in [0.5, 0.6) is 11.5 Å². The summed E-state index contributed by atoms with van der Waals surface area (Å²) in [6, 6.07) is 17.1. The van der Waals surface area contributed by atoms with Gasteiger partial charge in [0.2, 0.25) is 0 Å². The number of hydrogen-bond acceptors (Lipinski definition) is 3. The van der Waals surface area contributed by atoms with Gasteiger partial charge in [-0.2, -0.15) is 0 Å². The molecule has 1 aliphatic rings. The second-order valence-electron chi connectivity index (χ2n) is 7.21. The highest BCUT2D eigenvalue weighted by Gasteiger charge is 2.69. The van der Waals surface area contributed by atoms with E-state index in [1.54, 1.807) is 6.08 Å². The van der Waals surface area contributed by atoms with E-state index in [9.17, 15) is 4.79 Å². The Balaban J connectivity index is 1.69. The summed E-state index contributed by atoms with van der Waals surface area (Å²) >= 11 is 11.8. The zero-order valence-electron chi connectivity index (χ0n) is 16.1. The number of hydrogen-bond donors (Lipinski definition) is 0. The van der Waals surface area contributed by atoms with Gasteiger partial charge in [-0.15, -0.1) is 0 Å². The molecular formula is C23H24Cl2O3. The number of benzene rings is 2. The van der Waals surface area contributed by atoms with E-state index in [0.717, 1.165) is 24.2 Å². The molecule has 1 atom stereocenters. The first-order valence-electron chi connectivity index (χ1n) is 9.47. The number of esters is 1. The van der Waals surface area contributed by atoms with Crippen LogP contribution in [0.15, 0.2) is 65.2 Å². The van der Waals surface area contributed by atoms with Gasteiger partial charge >= 0.3 is 5.97 Å². The van der Waals surface area contributed by atoms with Crippen LogP contribution in [0.1, 0.15) is 38.7 Å². The molecule has 0 saturated heterocycles. The average Bonchev–Trinajstić information content (AvgIpc) is 3.35. The van der Waals surface area contributed by atoms with E-state index in [1.807, 2.05) is 54.6 Å². The molecule has 0 heterocycles. The summed E-state index contributed by atoms with van der Waals surface area (Å²) in [7, 11) is 0. The molecule has 1 fully saturated rings. The normalized spacial score (nSPS) is 19.6. The second-order valence-corrected chi connectivity index (χ2v) is 8.22. The lowest BCUT2D eigenvalue weighted by atomic mass is 9.88. The molecule has 28 heavy (non-hydrogen) atoms. The molecule has 0 aromatic heterocycles. The van der Waals surface area contributed by atoms with Crippen LogP contribution < -0.4 is 4.74 Å². The van der Waals surface area contributed by atoms with Crippen LogP contribution in [-0.4, -0.2) is 5.97 Å². The van der Waals surface area contributed by atoms with E-state index in [-0.39, 0.29) is 22.5 Å². The Hall–Kier alpha value is -1.97. The highest BCUT2D eigenvalue weighted by atomic mass is 35.5. The zero-order valence-corrected chi connectivity index (χ0v) is 17.6. The van der Waals surface area contributed by atoms with Crippen LogP contribution in [0.3, 0.4) is 0 Å². The van der Waals surface area contributed by atoms with Gasteiger partial charge in [0, 0.05) is 0 Å². The molecule has 0 bridgehead atoms. The topological polar surface area (TPSA) is 35.5 Å². The fourth-order valence-corrected chi connectivity index (χ4v) is 4.33. The molecule has 2 aromatic rings. The summed E-state index contributed by atoms with van der Waals surface area (Å²) in [6.07, 6.45) is 4.11. The molecule has 0 N–H and O–H groups in total. The lowest BCUT2D eigenvalue weighted by molar-refractivity contribution is -0.151. The van der Waals surface area contributed by atoms with Crippen LogP contribution in [0.4, 0.5) is 0 Å². The van der Waals surface area contributed by atoms with E-state index in [0.29, 0.717) is 12.2 Å². The van der Waals surface area contributed by atoms with Gasteiger partial charge in [0.05, 0.1) is 5.41 Å². The number of carbonyl (C=O) groups excluding carboxylic acids is 1. The molecule has 0 radical (unpaired) electrons. The summed E-state index contributed by atoms with van der Waals surface area (Å²) in [5.41, 5.74) is 0.00217. The van der Waals surface area contributed by atoms with Gasteiger partial charge in [0.25, 0.3) is 0 Å². The fraction of sp³-hybridized carbons (Fsp3) is 0.348. The third-order valence-corrected chi connectivity index (χ3v) is 5.98. The van der Waals surface area contributed by atoms with Gasteiger partial charge < -0.3 is 9.47 Å². The molecule has 0 aliphatic heterocycles. The molecule has 1 aliphatic carbocycles. The Bertz CT molecular complexity index is 855. The van der Waals surface area contributed by atoms with Crippen molar-refractivity contribution in [3.63, 3.8) is 0 Å². The molecule has 0 amide bonds. The third-order valence-electron chi connectivity index (χ3n) is 5.76. The first-order chi connectivity index (χ1) is 13.4. The van der Waals surface area contributed by atoms with Crippen LogP contribution in [-0.2, 0) is 16.1 Å². The molecule has 2 aromatic carbocycles. The maximum absolute atomic E-state index is 12.9. The highest BCUT2D eigenvalue weighted by Crippen LogP contribution is 2.70. The van der Waals surface area contributed by atoms with Crippen LogP contribution in [0.25, 0.3) is 0 Å². The summed E-state index contributed by atoms with van der Waals surface area (Å²) in [5.74, 6) is 1.18. The van der Waals surface area contributed by atoms with Crippen molar-refractivity contribution in [2.45, 2.75) is 39.7 Å². The van der Waals surface area contributed by atoms with E-state index >= 15 is 0 Å². The summed E-state index contributed by atoms with van der Waals surface area (Å²) < 4.78 is 11.6. The van der Waals surface area contributed by atoms with Crippen molar-refractivity contribution in [3.8, 4) is 11.5 Å². The molecular weight excluding hydrogens is 395 g/mol. The summed E-state index contributed by atoms with van der Waals surface area (Å²) in [4.78, 5) is 12.9. The standard InChI is InChI=1S/C23H24Cl2O3/c1-3-22(4-2)16-23(22,14-20(24)25)21(26)27-15-17-9-8-12-19(13-17)28-18-10-6-5-7-11-18/h5-14H,3-4,15-16H2,1-2H3. The van der Waals surface area contributed by atoms with Gasteiger partial charge in [0.15, 0.2) is 0 Å². The number of para-hydroxylation sites is 1. The Morgan fingerprint density at radius 3 is 2.32 bits per heavy atom. The number of ether oxygens (including phenoxy) is 2. The first-order valence-corrected chi connectivity index (χ1v) is 10.2. The fourth-order valence-electron chi connectivity index (χ4n) is 3.96. The van der Waals surface area contributed by atoms with Crippen molar-refractivity contribution in [2.75, 3.05) is 0 Å². The van der Waals surface area contributed by atoms with Crippen molar-refractivity contribution < 1.29 is 14.3 Å². The van der Waals surface area contributed by atoms with Crippen molar-refractivity contribution in [1.29, 1.82) is 0 Å². The van der Waals surface area contributed by atoms with Gasteiger partial charge in [-0.1, -0.05) is 67.4 Å². The van der Waals surface area contributed by atoms with Crippen molar-refractivity contribution in [3.05, 3.63) is 70.7 Å². The van der Waals surface area contributed by atoms with Crippen LogP contribution >= 0.6 is 23.2 Å². The SMILES string of the molecule is CCC1(CC)CC1(C=C(Cl)Cl)C(=O)OCc1cccc(Oc2ccccc2)c1. The average molecular weight is 419 g/mol. The number of carbonyl (C=O) groups is 1. The van der Waals surface area contributed by atoms with Crippen molar-refractivity contribution >= 4 is 29.2 Å². The predicted octanol–water partition coefficient (Wildman–Crippen LogP) is 7.04. The second kappa shape index (κ2) is 8.59. The van der Waals surface area contributed by atoms with E-state index < -0.39 is 5.41 Å². The number of halogens is 2. The number of rotatable bonds is 8. The minimum absolute atomic E-state index is 0.110. The van der Waals surface area contributed by atoms with Gasteiger partial charge in [0.1, 0.15) is 22.6 Å². The predicted molar refractivity (Wildman–Crippen MR) is 113 cm³/mol. The van der Waals surface area contributed by atoms with Crippen molar-refractivity contribution in [2.24, 2.45) is 10.8 Å². The Morgan fingerprint density at radius 2 is 1.71 bits per heavy atom. The molecule has 0 spiro atoms. The lowest BCUT2D eigenvalue weighted by Gasteiger charge is -2.20. The minimum atomic E-state index is -0.729. The van der Waals surface area contributed by atoms with Crippen LogP contribution in [0.2, 0.25) is 0 Å². The van der Waals surface area contributed by atoms with E-state index in [1.165, 1.54) is 0 Å². The van der Waals surface area contributed by atoms with Crippen LogP contribution in [0, 0.1) is 10.8 Å².